The standard InChI is InChI=1S/C31H41NO2Se/c1-22-17-18-25-26(20-22)33-29-28(23-12-6-4-7-13-23)34-31(21-32(29)30(25,2)3)19-11-10-16-27(31)35-24-14-8-5-9-15-24/h4-9,12-15,22,25-29H,10-11,16-21H2,1-3H3/t22-,25-,26-,27+,28+,29+,31?/m1/s1. The Labute approximate surface area is 218 Å². The van der Waals surface area contributed by atoms with Crippen molar-refractivity contribution < 1.29 is 9.47 Å². The maximum atomic E-state index is 7.40. The van der Waals surface area contributed by atoms with Crippen molar-refractivity contribution in [3.63, 3.8) is 0 Å². The molecule has 0 radical (unpaired) electrons. The zero-order valence-corrected chi connectivity index (χ0v) is 23.3. The minimum absolute atomic E-state index is 0.00335. The van der Waals surface area contributed by atoms with Crippen LogP contribution in [0.25, 0.3) is 0 Å². The van der Waals surface area contributed by atoms with Gasteiger partial charge >= 0.3 is 219 Å². The van der Waals surface area contributed by atoms with E-state index in [1.807, 2.05) is 0 Å². The van der Waals surface area contributed by atoms with E-state index in [1.54, 1.807) is 0 Å². The van der Waals surface area contributed by atoms with Crippen molar-refractivity contribution in [3.05, 3.63) is 66.2 Å². The summed E-state index contributed by atoms with van der Waals surface area (Å²) < 4.78 is 16.0. The molecule has 7 atom stereocenters. The molecule has 4 aliphatic rings. The van der Waals surface area contributed by atoms with Crippen LogP contribution in [0.4, 0.5) is 0 Å². The van der Waals surface area contributed by atoms with Gasteiger partial charge < -0.3 is 0 Å². The van der Waals surface area contributed by atoms with Gasteiger partial charge in [0.1, 0.15) is 0 Å². The van der Waals surface area contributed by atoms with Crippen molar-refractivity contribution >= 4 is 19.4 Å². The summed E-state index contributed by atoms with van der Waals surface area (Å²) in [5, 5.41) is 0. The predicted molar refractivity (Wildman–Crippen MR) is 143 cm³/mol. The molecule has 2 aromatic rings. The molecule has 1 unspecified atom stereocenters. The fourth-order valence-electron chi connectivity index (χ4n) is 7.44. The number of nitrogens with zero attached hydrogens (tertiary/aromatic N) is 1. The summed E-state index contributed by atoms with van der Waals surface area (Å²) in [7, 11) is 0. The van der Waals surface area contributed by atoms with Crippen molar-refractivity contribution in [2.24, 2.45) is 11.8 Å². The summed E-state index contributed by atoms with van der Waals surface area (Å²) >= 11 is 0.402. The fourth-order valence-corrected chi connectivity index (χ4v) is 10.4. The molecule has 2 saturated carbocycles. The number of hydrogen-bond donors (Lipinski definition) is 0. The Morgan fingerprint density at radius 2 is 1.66 bits per heavy atom. The number of hydrogen-bond acceptors (Lipinski definition) is 3. The SMILES string of the molecule is C[C@@H]1CC[C@@H]2[C@@H](C1)O[C@H]1[C@H](c3ccccc3)OC3(CCCC[C@@H]3[Se]c3ccccc3)CN1C2(C)C. The van der Waals surface area contributed by atoms with Crippen molar-refractivity contribution in [2.75, 3.05) is 6.54 Å². The van der Waals surface area contributed by atoms with Gasteiger partial charge in [0.15, 0.2) is 0 Å². The molecule has 2 saturated heterocycles. The third kappa shape index (κ3) is 4.44. The number of ether oxygens (including phenoxy) is 2. The predicted octanol–water partition coefficient (Wildman–Crippen LogP) is 6.13. The van der Waals surface area contributed by atoms with E-state index in [9.17, 15) is 0 Å². The van der Waals surface area contributed by atoms with Crippen LogP contribution in [0.3, 0.4) is 0 Å². The first-order chi connectivity index (χ1) is 17.0. The molecule has 2 aliphatic heterocycles. The van der Waals surface area contributed by atoms with Crippen LogP contribution >= 0.6 is 0 Å². The van der Waals surface area contributed by atoms with Crippen molar-refractivity contribution in [2.45, 2.75) is 100 Å². The average molecular weight is 539 g/mol. The molecule has 3 nitrogen and oxygen atoms in total. The number of morpholine rings is 1. The number of rotatable bonds is 3. The van der Waals surface area contributed by atoms with Gasteiger partial charge in [-0.05, 0) is 0 Å². The van der Waals surface area contributed by atoms with E-state index in [-0.39, 0.29) is 23.5 Å². The van der Waals surface area contributed by atoms with Gasteiger partial charge in [0.05, 0.1) is 0 Å². The Morgan fingerprint density at radius 1 is 0.914 bits per heavy atom. The van der Waals surface area contributed by atoms with Gasteiger partial charge in [-0.2, -0.15) is 0 Å². The van der Waals surface area contributed by atoms with Crippen LogP contribution in [0.1, 0.15) is 77.4 Å². The first-order valence-corrected chi connectivity index (χ1v) is 15.7. The Balaban J connectivity index is 1.39. The van der Waals surface area contributed by atoms with E-state index in [0.29, 0.717) is 31.8 Å². The summed E-state index contributed by atoms with van der Waals surface area (Å²) in [4.78, 5) is 3.36. The van der Waals surface area contributed by atoms with E-state index in [2.05, 4.69) is 86.3 Å². The van der Waals surface area contributed by atoms with E-state index in [1.165, 1.54) is 55.0 Å². The molecule has 35 heavy (non-hydrogen) atoms. The summed E-state index contributed by atoms with van der Waals surface area (Å²) in [5.74, 6) is 1.35. The number of benzene rings is 2. The molecule has 0 aromatic heterocycles. The van der Waals surface area contributed by atoms with Crippen LogP contribution in [0.5, 0.6) is 0 Å². The van der Waals surface area contributed by atoms with Gasteiger partial charge in [0.2, 0.25) is 0 Å². The van der Waals surface area contributed by atoms with Gasteiger partial charge in [0, 0.05) is 0 Å². The van der Waals surface area contributed by atoms with Gasteiger partial charge in [0.25, 0.3) is 0 Å². The molecule has 188 valence electrons. The molecule has 2 aromatic carbocycles. The van der Waals surface area contributed by atoms with Crippen LogP contribution < -0.4 is 4.46 Å². The second-order valence-electron chi connectivity index (χ2n) is 12.1. The Kier molecular flexibility index (Phi) is 6.65. The summed E-state index contributed by atoms with van der Waals surface area (Å²) in [6, 6.07) is 22.1. The molecule has 0 N–H and O–H groups in total. The Hall–Kier alpha value is -1.16. The zero-order chi connectivity index (χ0) is 24.0. The first-order valence-electron chi connectivity index (χ1n) is 13.8. The number of fused-ring (bicyclic) bond motifs is 2. The minimum atomic E-state index is -0.0967. The fraction of sp³-hybridized carbons (Fsp3) is 0.613. The summed E-state index contributed by atoms with van der Waals surface area (Å²) in [5.41, 5.74) is 1.29. The molecule has 4 fully saturated rings. The maximum absolute atomic E-state index is 7.40. The quantitative estimate of drug-likeness (QED) is 0.439. The van der Waals surface area contributed by atoms with Crippen LogP contribution in [0.15, 0.2) is 60.7 Å². The summed E-state index contributed by atoms with van der Waals surface area (Å²) in [6.45, 7) is 8.43. The summed E-state index contributed by atoms with van der Waals surface area (Å²) in [6.07, 6.45) is 9.14. The molecule has 1 spiro atoms. The van der Waals surface area contributed by atoms with E-state index in [0.717, 1.165) is 12.5 Å². The Morgan fingerprint density at radius 3 is 2.43 bits per heavy atom. The van der Waals surface area contributed by atoms with Crippen molar-refractivity contribution in [3.8, 4) is 0 Å². The third-order valence-corrected chi connectivity index (χ3v) is 12.6. The van der Waals surface area contributed by atoms with E-state index in [4.69, 9.17) is 9.47 Å². The normalized spacial score (nSPS) is 39.1. The van der Waals surface area contributed by atoms with E-state index < -0.39 is 0 Å². The van der Waals surface area contributed by atoms with Gasteiger partial charge in [-0.15, -0.1) is 0 Å². The van der Waals surface area contributed by atoms with Crippen LogP contribution in [-0.4, -0.2) is 49.9 Å². The van der Waals surface area contributed by atoms with Crippen molar-refractivity contribution in [1.82, 2.24) is 4.90 Å². The van der Waals surface area contributed by atoms with E-state index >= 15 is 0 Å². The van der Waals surface area contributed by atoms with Crippen LogP contribution in [0, 0.1) is 11.8 Å². The molecule has 2 heterocycles. The first kappa shape index (κ1) is 24.2. The second-order valence-corrected chi connectivity index (χ2v) is 14.7. The zero-order valence-electron chi connectivity index (χ0n) is 21.6. The molecule has 6 rings (SSSR count). The molecule has 4 heteroatoms. The third-order valence-electron chi connectivity index (χ3n) is 9.43. The second kappa shape index (κ2) is 9.62. The van der Waals surface area contributed by atoms with Crippen molar-refractivity contribution in [1.29, 1.82) is 0 Å². The molecular formula is C31H41NO2Se. The molecule has 2 aliphatic carbocycles. The van der Waals surface area contributed by atoms with Gasteiger partial charge in [-0.25, -0.2) is 0 Å². The topological polar surface area (TPSA) is 21.7 Å². The average Bonchev–Trinajstić information content (AvgIpc) is 2.87. The van der Waals surface area contributed by atoms with Gasteiger partial charge in [-0.3, -0.25) is 0 Å². The molecule has 0 bridgehead atoms. The molecular weight excluding hydrogens is 497 g/mol. The van der Waals surface area contributed by atoms with Gasteiger partial charge in [-0.1, -0.05) is 0 Å². The van der Waals surface area contributed by atoms with Crippen LogP contribution in [0.2, 0.25) is 4.82 Å². The monoisotopic (exact) mass is 539 g/mol. The van der Waals surface area contributed by atoms with Crippen LogP contribution in [-0.2, 0) is 9.47 Å². The molecule has 0 amide bonds. The Bertz CT molecular complexity index is 998.